The predicted octanol–water partition coefficient (Wildman–Crippen LogP) is 3.56. The molecule has 1 aliphatic heterocycles. The fraction of sp³-hybridized carbons (Fsp3) is 0.278. The van der Waals surface area contributed by atoms with Gasteiger partial charge in [0.1, 0.15) is 4.90 Å². The number of carbonyl (C=O) groups is 1. The van der Waals surface area contributed by atoms with Gasteiger partial charge in [0.25, 0.3) is 15.9 Å². The second-order valence-corrected chi connectivity index (χ2v) is 8.47. The van der Waals surface area contributed by atoms with E-state index in [9.17, 15) is 13.2 Å². The first-order valence-corrected chi connectivity index (χ1v) is 10.4. The SMILES string of the molecule is O=C(NS(=O)(=O)c1ccccc1Br)c1cccc(N2CCCCC2)c1. The Kier molecular flexibility index (Phi) is 5.44. The van der Waals surface area contributed by atoms with Crippen LogP contribution >= 0.6 is 15.9 Å². The molecule has 1 aliphatic rings. The number of nitrogens with one attached hydrogen (secondary N) is 1. The zero-order valence-electron chi connectivity index (χ0n) is 13.6. The van der Waals surface area contributed by atoms with Crippen molar-refractivity contribution in [1.29, 1.82) is 0 Å². The van der Waals surface area contributed by atoms with Gasteiger partial charge >= 0.3 is 0 Å². The lowest BCUT2D eigenvalue weighted by Crippen LogP contribution is -2.32. The van der Waals surface area contributed by atoms with Crippen LogP contribution in [0.15, 0.2) is 57.9 Å². The van der Waals surface area contributed by atoms with E-state index >= 15 is 0 Å². The Morgan fingerprint density at radius 3 is 2.44 bits per heavy atom. The van der Waals surface area contributed by atoms with Crippen LogP contribution in [0.1, 0.15) is 29.6 Å². The molecule has 1 N–H and O–H groups in total. The maximum absolute atomic E-state index is 12.5. The Labute approximate surface area is 156 Å². The molecule has 1 heterocycles. The lowest BCUT2D eigenvalue weighted by atomic mass is 10.1. The normalized spacial score (nSPS) is 15.0. The summed E-state index contributed by atoms with van der Waals surface area (Å²) in [6.45, 7) is 1.92. The monoisotopic (exact) mass is 422 g/mol. The van der Waals surface area contributed by atoms with Crippen LogP contribution in [0.25, 0.3) is 0 Å². The molecule has 1 saturated heterocycles. The number of rotatable bonds is 4. The summed E-state index contributed by atoms with van der Waals surface area (Å²) in [5.74, 6) is -0.630. The van der Waals surface area contributed by atoms with Crippen LogP contribution in [0.3, 0.4) is 0 Å². The smallest absolute Gasteiger partial charge is 0.265 e. The Hall–Kier alpha value is -1.86. The molecule has 1 fully saturated rings. The molecule has 5 nitrogen and oxygen atoms in total. The Balaban J connectivity index is 1.80. The van der Waals surface area contributed by atoms with Gasteiger partial charge in [-0.05, 0) is 65.5 Å². The van der Waals surface area contributed by atoms with Crippen molar-refractivity contribution < 1.29 is 13.2 Å². The van der Waals surface area contributed by atoms with Gasteiger partial charge in [0.2, 0.25) is 0 Å². The van der Waals surface area contributed by atoms with E-state index in [4.69, 9.17) is 0 Å². The Bertz CT molecular complexity index is 877. The van der Waals surface area contributed by atoms with E-state index in [1.165, 1.54) is 12.5 Å². The van der Waals surface area contributed by atoms with Gasteiger partial charge < -0.3 is 4.90 Å². The summed E-state index contributed by atoms with van der Waals surface area (Å²) >= 11 is 3.20. The zero-order valence-corrected chi connectivity index (χ0v) is 16.0. The Morgan fingerprint density at radius 1 is 1.00 bits per heavy atom. The minimum atomic E-state index is -3.94. The number of amides is 1. The van der Waals surface area contributed by atoms with Gasteiger partial charge in [-0.25, -0.2) is 13.1 Å². The number of carbonyl (C=O) groups excluding carboxylic acids is 1. The summed E-state index contributed by atoms with van der Waals surface area (Å²) in [5.41, 5.74) is 1.28. The summed E-state index contributed by atoms with van der Waals surface area (Å²) in [7, 11) is -3.94. The highest BCUT2D eigenvalue weighted by molar-refractivity contribution is 9.10. The van der Waals surface area contributed by atoms with E-state index < -0.39 is 15.9 Å². The molecule has 3 rings (SSSR count). The zero-order chi connectivity index (χ0) is 17.9. The third-order valence-electron chi connectivity index (χ3n) is 4.18. The maximum Gasteiger partial charge on any atom is 0.265 e. The molecule has 132 valence electrons. The van der Waals surface area contributed by atoms with Gasteiger partial charge in [0.15, 0.2) is 0 Å². The van der Waals surface area contributed by atoms with Crippen LogP contribution in [0, 0.1) is 0 Å². The largest absolute Gasteiger partial charge is 0.372 e. The van der Waals surface area contributed by atoms with Crippen molar-refractivity contribution in [3.63, 3.8) is 0 Å². The van der Waals surface area contributed by atoms with Gasteiger partial charge in [-0.3, -0.25) is 4.79 Å². The second kappa shape index (κ2) is 7.58. The minimum Gasteiger partial charge on any atom is -0.372 e. The van der Waals surface area contributed by atoms with E-state index in [2.05, 4.69) is 25.6 Å². The van der Waals surface area contributed by atoms with Crippen LogP contribution in [0.2, 0.25) is 0 Å². The molecule has 0 spiro atoms. The standard InChI is InChI=1S/C18H19BrN2O3S/c19-16-9-2-3-10-17(16)25(23,24)20-18(22)14-7-6-8-15(13-14)21-11-4-1-5-12-21/h2-3,6-10,13H,1,4-5,11-12H2,(H,20,22). The van der Waals surface area contributed by atoms with Crippen molar-refractivity contribution in [3.8, 4) is 0 Å². The highest BCUT2D eigenvalue weighted by Crippen LogP contribution is 2.23. The number of halogens is 1. The summed E-state index contributed by atoms with van der Waals surface area (Å²) < 4.78 is 27.5. The van der Waals surface area contributed by atoms with E-state index in [0.717, 1.165) is 31.6 Å². The van der Waals surface area contributed by atoms with E-state index in [0.29, 0.717) is 10.0 Å². The highest BCUT2D eigenvalue weighted by atomic mass is 79.9. The van der Waals surface area contributed by atoms with Gasteiger partial charge in [-0.15, -0.1) is 0 Å². The average molecular weight is 423 g/mol. The van der Waals surface area contributed by atoms with Gasteiger partial charge in [0.05, 0.1) is 0 Å². The van der Waals surface area contributed by atoms with Crippen LogP contribution in [0.4, 0.5) is 5.69 Å². The first-order valence-electron chi connectivity index (χ1n) is 8.14. The molecule has 2 aromatic rings. The number of sulfonamides is 1. The molecule has 0 aromatic heterocycles. The van der Waals surface area contributed by atoms with Crippen molar-refractivity contribution in [2.24, 2.45) is 0 Å². The maximum atomic E-state index is 12.5. The molecule has 1 amide bonds. The molecule has 2 aromatic carbocycles. The van der Waals surface area contributed by atoms with Crippen LogP contribution in [-0.4, -0.2) is 27.4 Å². The number of anilines is 1. The Morgan fingerprint density at radius 2 is 1.72 bits per heavy atom. The van der Waals surface area contributed by atoms with Crippen molar-refractivity contribution >= 4 is 37.5 Å². The molecule has 0 aliphatic carbocycles. The highest BCUT2D eigenvalue weighted by Gasteiger charge is 2.21. The third kappa shape index (κ3) is 4.22. The topological polar surface area (TPSA) is 66.5 Å². The number of nitrogens with zero attached hydrogens (tertiary/aromatic N) is 1. The number of hydrogen-bond donors (Lipinski definition) is 1. The van der Waals surface area contributed by atoms with Crippen LogP contribution in [0.5, 0.6) is 0 Å². The summed E-state index contributed by atoms with van der Waals surface area (Å²) in [4.78, 5) is 14.7. The number of hydrogen-bond acceptors (Lipinski definition) is 4. The lowest BCUT2D eigenvalue weighted by Gasteiger charge is -2.29. The van der Waals surface area contributed by atoms with Crippen LogP contribution < -0.4 is 9.62 Å². The molecule has 7 heteroatoms. The molecule has 0 unspecified atom stereocenters. The number of benzene rings is 2. The quantitative estimate of drug-likeness (QED) is 0.817. The summed E-state index contributed by atoms with van der Waals surface area (Å²) in [6.07, 6.45) is 3.49. The van der Waals surface area contributed by atoms with E-state index in [-0.39, 0.29) is 4.90 Å². The minimum absolute atomic E-state index is 0.0375. The van der Waals surface area contributed by atoms with Gasteiger partial charge in [-0.2, -0.15) is 0 Å². The van der Waals surface area contributed by atoms with Crippen molar-refractivity contribution in [3.05, 3.63) is 58.6 Å². The van der Waals surface area contributed by atoms with Crippen molar-refractivity contribution in [2.75, 3.05) is 18.0 Å². The second-order valence-electron chi connectivity index (χ2n) is 5.96. The lowest BCUT2D eigenvalue weighted by molar-refractivity contribution is 0.0981. The first kappa shape index (κ1) is 17.9. The summed E-state index contributed by atoms with van der Waals surface area (Å²) in [6, 6.07) is 13.5. The predicted molar refractivity (Wildman–Crippen MR) is 101 cm³/mol. The van der Waals surface area contributed by atoms with E-state index in [1.54, 1.807) is 36.4 Å². The molecule has 0 radical (unpaired) electrons. The molecule has 0 bridgehead atoms. The fourth-order valence-corrected chi connectivity index (χ4v) is 4.87. The third-order valence-corrected chi connectivity index (χ3v) is 6.53. The summed E-state index contributed by atoms with van der Waals surface area (Å²) in [5, 5.41) is 0. The van der Waals surface area contributed by atoms with Gasteiger partial charge in [-0.1, -0.05) is 18.2 Å². The first-order chi connectivity index (χ1) is 12.0. The van der Waals surface area contributed by atoms with Crippen molar-refractivity contribution in [1.82, 2.24) is 4.72 Å². The number of piperidine rings is 1. The van der Waals surface area contributed by atoms with Crippen molar-refractivity contribution in [2.45, 2.75) is 24.2 Å². The van der Waals surface area contributed by atoms with Crippen LogP contribution in [-0.2, 0) is 10.0 Å². The molecular weight excluding hydrogens is 404 g/mol. The van der Waals surface area contributed by atoms with Gasteiger partial charge in [0, 0.05) is 28.8 Å². The fourth-order valence-electron chi connectivity index (χ4n) is 2.89. The van der Waals surface area contributed by atoms with E-state index in [1.807, 2.05) is 6.07 Å². The average Bonchev–Trinajstić information content (AvgIpc) is 2.62. The molecule has 25 heavy (non-hydrogen) atoms. The molecule has 0 atom stereocenters. The molecule has 0 saturated carbocycles. The molecular formula is C18H19BrN2O3S.